The van der Waals surface area contributed by atoms with E-state index < -0.39 is 0 Å². The molecular weight excluding hydrogens is 228 g/mol. The highest BCUT2D eigenvalue weighted by molar-refractivity contribution is 5.80. The zero-order valence-electron chi connectivity index (χ0n) is 10.7. The zero-order valence-corrected chi connectivity index (χ0v) is 10.7. The van der Waals surface area contributed by atoms with Crippen LogP contribution in [0.1, 0.15) is 25.0 Å². The highest BCUT2D eigenvalue weighted by Gasteiger charge is 2.43. The van der Waals surface area contributed by atoms with Crippen molar-refractivity contribution in [3.05, 3.63) is 30.1 Å². The first-order valence-electron chi connectivity index (χ1n) is 6.18. The molecule has 5 heteroatoms. The number of pyridine rings is 1. The SMILES string of the molecule is CN(Cc1ccccn1)CC1(CC(N)=NO)CC1. The van der Waals surface area contributed by atoms with Gasteiger partial charge in [0.25, 0.3) is 0 Å². The molecule has 0 amide bonds. The molecule has 1 aromatic rings. The number of aromatic nitrogens is 1. The topological polar surface area (TPSA) is 74.7 Å². The molecule has 5 nitrogen and oxygen atoms in total. The van der Waals surface area contributed by atoms with Crippen molar-refractivity contribution >= 4 is 5.84 Å². The Hall–Kier alpha value is -1.62. The van der Waals surface area contributed by atoms with Crippen molar-refractivity contribution in [3.63, 3.8) is 0 Å². The Bertz CT molecular complexity index is 414. The average Bonchev–Trinajstić information content (AvgIpc) is 3.09. The van der Waals surface area contributed by atoms with Gasteiger partial charge in [-0.25, -0.2) is 0 Å². The molecule has 0 unspecified atom stereocenters. The zero-order chi connectivity index (χ0) is 13.0. The molecule has 0 aromatic carbocycles. The van der Waals surface area contributed by atoms with Gasteiger partial charge < -0.3 is 10.9 Å². The van der Waals surface area contributed by atoms with Gasteiger partial charge in [0.1, 0.15) is 5.84 Å². The lowest BCUT2D eigenvalue weighted by atomic mass is 10.0. The first-order chi connectivity index (χ1) is 8.63. The lowest BCUT2D eigenvalue weighted by molar-refractivity contribution is 0.254. The lowest BCUT2D eigenvalue weighted by Crippen LogP contribution is -2.30. The summed E-state index contributed by atoms with van der Waals surface area (Å²) in [7, 11) is 2.08. The molecule has 1 aliphatic rings. The Labute approximate surface area is 107 Å². The number of hydrogen-bond donors (Lipinski definition) is 2. The molecule has 1 saturated carbocycles. The van der Waals surface area contributed by atoms with Crippen molar-refractivity contribution < 1.29 is 5.21 Å². The summed E-state index contributed by atoms with van der Waals surface area (Å²) >= 11 is 0. The largest absolute Gasteiger partial charge is 0.409 e. The molecule has 1 aliphatic carbocycles. The molecule has 98 valence electrons. The van der Waals surface area contributed by atoms with Gasteiger partial charge in [-0.2, -0.15) is 0 Å². The van der Waals surface area contributed by atoms with Gasteiger partial charge >= 0.3 is 0 Å². The summed E-state index contributed by atoms with van der Waals surface area (Å²) in [6.45, 7) is 1.79. The van der Waals surface area contributed by atoms with Crippen LogP contribution in [0.3, 0.4) is 0 Å². The minimum Gasteiger partial charge on any atom is -0.409 e. The Kier molecular flexibility index (Phi) is 3.81. The quantitative estimate of drug-likeness (QED) is 0.345. The molecule has 3 N–H and O–H groups in total. The predicted molar refractivity (Wildman–Crippen MR) is 70.3 cm³/mol. The van der Waals surface area contributed by atoms with Crippen molar-refractivity contribution in [2.24, 2.45) is 16.3 Å². The summed E-state index contributed by atoms with van der Waals surface area (Å²) in [5.41, 5.74) is 6.87. The lowest BCUT2D eigenvalue weighted by Gasteiger charge is -2.22. The smallest absolute Gasteiger partial charge is 0.139 e. The van der Waals surface area contributed by atoms with E-state index in [1.807, 2.05) is 24.4 Å². The van der Waals surface area contributed by atoms with Crippen LogP contribution in [0.4, 0.5) is 0 Å². The third-order valence-electron chi connectivity index (χ3n) is 3.41. The molecule has 0 bridgehead atoms. The van der Waals surface area contributed by atoms with Gasteiger partial charge in [-0.15, -0.1) is 0 Å². The summed E-state index contributed by atoms with van der Waals surface area (Å²) in [6.07, 6.45) is 4.79. The maximum atomic E-state index is 8.63. The van der Waals surface area contributed by atoms with Crippen LogP contribution in [0.2, 0.25) is 0 Å². The van der Waals surface area contributed by atoms with Crippen molar-refractivity contribution in [1.29, 1.82) is 0 Å². The number of nitrogens with zero attached hydrogens (tertiary/aromatic N) is 3. The second-order valence-electron chi connectivity index (χ2n) is 5.26. The Morgan fingerprint density at radius 1 is 1.56 bits per heavy atom. The molecule has 0 radical (unpaired) electrons. The summed E-state index contributed by atoms with van der Waals surface area (Å²) in [5.74, 6) is 0.332. The molecule has 18 heavy (non-hydrogen) atoms. The van der Waals surface area contributed by atoms with Crippen molar-refractivity contribution in [2.75, 3.05) is 13.6 Å². The summed E-state index contributed by atoms with van der Waals surface area (Å²) < 4.78 is 0. The van der Waals surface area contributed by atoms with Gasteiger partial charge in [0.2, 0.25) is 0 Å². The van der Waals surface area contributed by atoms with Crippen LogP contribution in [-0.4, -0.2) is 34.5 Å². The molecule has 0 saturated heterocycles. The van der Waals surface area contributed by atoms with Crippen LogP contribution in [0.25, 0.3) is 0 Å². The third kappa shape index (κ3) is 3.43. The molecule has 1 fully saturated rings. The number of amidine groups is 1. The van der Waals surface area contributed by atoms with Gasteiger partial charge in [0.05, 0.1) is 5.69 Å². The number of oxime groups is 1. The van der Waals surface area contributed by atoms with Crippen molar-refractivity contribution in [2.45, 2.75) is 25.8 Å². The van der Waals surface area contributed by atoms with E-state index in [1.165, 1.54) is 0 Å². The van der Waals surface area contributed by atoms with Gasteiger partial charge in [-0.05, 0) is 37.4 Å². The van der Waals surface area contributed by atoms with Gasteiger partial charge in [0, 0.05) is 25.7 Å². The molecule has 0 aliphatic heterocycles. The maximum absolute atomic E-state index is 8.63. The maximum Gasteiger partial charge on any atom is 0.139 e. The fraction of sp³-hybridized carbons (Fsp3) is 0.538. The van der Waals surface area contributed by atoms with E-state index in [-0.39, 0.29) is 5.41 Å². The summed E-state index contributed by atoms with van der Waals surface area (Å²) in [4.78, 5) is 6.57. The number of hydrogen-bond acceptors (Lipinski definition) is 4. The second-order valence-corrected chi connectivity index (χ2v) is 5.26. The average molecular weight is 248 g/mol. The minimum absolute atomic E-state index is 0.208. The predicted octanol–water partition coefficient (Wildman–Crippen LogP) is 1.43. The van der Waals surface area contributed by atoms with Crippen LogP contribution in [0, 0.1) is 5.41 Å². The van der Waals surface area contributed by atoms with Crippen molar-refractivity contribution in [3.8, 4) is 0 Å². The van der Waals surface area contributed by atoms with Gasteiger partial charge in [-0.3, -0.25) is 9.88 Å². The van der Waals surface area contributed by atoms with E-state index in [1.54, 1.807) is 0 Å². The van der Waals surface area contributed by atoms with Crippen LogP contribution >= 0.6 is 0 Å². The van der Waals surface area contributed by atoms with E-state index in [2.05, 4.69) is 22.1 Å². The summed E-state index contributed by atoms with van der Waals surface area (Å²) in [6, 6.07) is 5.95. The van der Waals surface area contributed by atoms with E-state index in [4.69, 9.17) is 10.9 Å². The molecule has 1 aromatic heterocycles. The number of nitrogens with two attached hydrogens (primary N) is 1. The Morgan fingerprint density at radius 2 is 2.33 bits per heavy atom. The Morgan fingerprint density at radius 3 is 2.89 bits per heavy atom. The molecule has 0 atom stereocenters. The third-order valence-corrected chi connectivity index (χ3v) is 3.41. The van der Waals surface area contributed by atoms with Gasteiger partial charge in [-0.1, -0.05) is 11.2 Å². The highest BCUT2D eigenvalue weighted by atomic mass is 16.4. The monoisotopic (exact) mass is 248 g/mol. The number of rotatable bonds is 6. The van der Waals surface area contributed by atoms with Gasteiger partial charge in [0.15, 0.2) is 0 Å². The first kappa shape index (κ1) is 12.8. The van der Waals surface area contributed by atoms with Crippen LogP contribution in [0.15, 0.2) is 29.6 Å². The van der Waals surface area contributed by atoms with Crippen molar-refractivity contribution in [1.82, 2.24) is 9.88 Å². The fourth-order valence-electron chi connectivity index (χ4n) is 2.38. The van der Waals surface area contributed by atoms with E-state index in [9.17, 15) is 0 Å². The standard InChI is InChI=1S/C13H20N4O/c1-17(9-11-4-2-3-7-15-11)10-13(5-6-13)8-12(14)16-18/h2-4,7,18H,5-6,8-10H2,1H3,(H2,14,16). The normalized spacial score (nSPS) is 18.0. The van der Waals surface area contributed by atoms with E-state index >= 15 is 0 Å². The minimum atomic E-state index is 0.208. The molecular formula is C13H20N4O. The molecule has 1 heterocycles. The molecule has 2 rings (SSSR count). The fourth-order valence-corrected chi connectivity index (χ4v) is 2.38. The van der Waals surface area contributed by atoms with Crippen LogP contribution < -0.4 is 5.73 Å². The van der Waals surface area contributed by atoms with E-state index in [0.717, 1.165) is 31.6 Å². The van der Waals surface area contributed by atoms with Crippen LogP contribution in [-0.2, 0) is 6.54 Å². The molecule has 0 spiro atoms. The summed E-state index contributed by atoms with van der Waals surface area (Å²) in [5, 5.41) is 11.7. The highest BCUT2D eigenvalue weighted by Crippen LogP contribution is 2.49. The van der Waals surface area contributed by atoms with E-state index in [0.29, 0.717) is 12.3 Å². The second kappa shape index (κ2) is 5.35. The Balaban J connectivity index is 1.86. The first-order valence-corrected chi connectivity index (χ1v) is 6.18. The van der Waals surface area contributed by atoms with Crippen LogP contribution in [0.5, 0.6) is 0 Å².